The summed E-state index contributed by atoms with van der Waals surface area (Å²) in [5.41, 5.74) is 7.93. The Kier molecular flexibility index (Phi) is 6.18. The van der Waals surface area contributed by atoms with Crippen LogP contribution >= 0.6 is 11.8 Å². The fourth-order valence-corrected chi connectivity index (χ4v) is 4.46. The van der Waals surface area contributed by atoms with Crippen molar-refractivity contribution in [3.8, 4) is 0 Å². The van der Waals surface area contributed by atoms with Crippen molar-refractivity contribution in [2.75, 3.05) is 10.6 Å². The number of hydrogen-bond acceptors (Lipinski definition) is 5. The van der Waals surface area contributed by atoms with Crippen LogP contribution in [-0.4, -0.2) is 22.8 Å². The van der Waals surface area contributed by atoms with Gasteiger partial charge in [0, 0.05) is 22.6 Å². The van der Waals surface area contributed by atoms with Crippen molar-refractivity contribution >= 4 is 46.8 Å². The maximum atomic E-state index is 13.0. The number of benzene rings is 3. The van der Waals surface area contributed by atoms with Crippen molar-refractivity contribution in [1.82, 2.24) is 0 Å². The average molecular weight is 447 g/mol. The Bertz CT molecular complexity index is 1210. The van der Waals surface area contributed by atoms with Gasteiger partial charge in [-0.15, -0.1) is 11.8 Å². The number of thioether (sulfide) groups is 1. The van der Waals surface area contributed by atoms with E-state index in [0.717, 1.165) is 9.80 Å². The third-order valence-electron chi connectivity index (χ3n) is 4.95. The van der Waals surface area contributed by atoms with E-state index < -0.39 is 5.25 Å². The van der Waals surface area contributed by atoms with Crippen molar-refractivity contribution in [3.63, 3.8) is 0 Å². The van der Waals surface area contributed by atoms with Crippen LogP contribution in [0, 0.1) is 5.82 Å². The summed E-state index contributed by atoms with van der Waals surface area (Å²) in [4.78, 5) is 39.8. The number of ketones is 1. The molecule has 1 saturated heterocycles. The van der Waals surface area contributed by atoms with Crippen molar-refractivity contribution in [2.45, 2.75) is 16.6 Å². The molecule has 1 fully saturated rings. The number of amides is 2. The third-order valence-corrected chi connectivity index (χ3v) is 6.13. The highest BCUT2D eigenvalue weighted by molar-refractivity contribution is 8.00. The summed E-state index contributed by atoms with van der Waals surface area (Å²) < 4.78 is 13.0. The third kappa shape index (κ3) is 4.78. The van der Waals surface area contributed by atoms with E-state index >= 15 is 0 Å². The summed E-state index contributed by atoms with van der Waals surface area (Å²) in [7, 11) is 0. The van der Waals surface area contributed by atoms with E-state index in [1.165, 1.54) is 30.0 Å². The zero-order chi connectivity index (χ0) is 22.7. The van der Waals surface area contributed by atoms with Crippen LogP contribution in [0.2, 0.25) is 0 Å². The number of hydrogen-bond donors (Lipinski definition) is 1. The van der Waals surface area contributed by atoms with Crippen molar-refractivity contribution in [3.05, 3.63) is 95.8 Å². The lowest BCUT2D eigenvalue weighted by atomic mass is 10.1. The molecule has 0 aliphatic carbocycles. The topological polar surface area (TPSA) is 80.5 Å². The number of anilines is 2. The molecule has 160 valence electrons. The van der Waals surface area contributed by atoms with Crippen LogP contribution in [0.1, 0.15) is 22.3 Å². The number of halogens is 1. The van der Waals surface area contributed by atoms with Gasteiger partial charge in [-0.25, -0.2) is 9.29 Å². The molecule has 4 rings (SSSR count). The first kappa shape index (κ1) is 21.5. The number of carbonyl (C=O) groups excluding carboxylic acids is 3. The van der Waals surface area contributed by atoms with Gasteiger partial charge in [0.05, 0.1) is 10.9 Å². The molecule has 0 radical (unpaired) electrons. The minimum atomic E-state index is -0.524. The standard InChI is InChI=1S/C25H19FN2O3S/c26-18-9-4-16(5-10-18)6-13-22(29)17-7-11-20(12-8-17)28-24(30)15-23(25(28)31)32-21-3-1-2-19(27)14-21/h1-14,23H,15,27H2/b13-6+. The van der Waals surface area contributed by atoms with E-state index in [2.05, 4.69) is 0 Å². The maximum absolute atomic E-state index is 13.0. The molecule has 7 heteroatoms. The zero-order valence-corrected chi connectivity index (χ0v) is 17.7. The van der Waals surface area contributed by atoms with E-state index in [1.807, 2.05) is 6.07 Å². The Labute approximate surface area is 188 Å². The Morgan fingerprint density at radius 1 is 1.03 bits per heavy atom. The van der Waals surface area contributed by atoms with Crippen LogP contribution in [0.4, 0.5) is 15.8 Å². The number of allylic oxidation sites excluding steroid dienone is 1. The molecule has 32 heavy (non-hydrogen) atoms. The van der Waals surface area contributed by atoms with Crippen LogP contribution < -0.4 is 10.6 Å². The number of nitrogen functional groups attached to an aromatic ring is 1. The molecule has 0 saturated carbocycles. The quantitative estimate of drug-likeness (QED) is 0.256. The largest absolute Gasteiger partial charge is 0.399 e. The van der Waals surface area contributed by atoms with Crippen LogP contribution in [0.15, 0.2) is 83.8 Å². The molecule has 1 atom stereocenters. The highest BCUT2D eigenvalue weighted by atomic mass is 32.2. The summed E-state index contributed by atoms with van der Waals surface area (Å²) in [5, 5.41) is -0.524. The molecule has 2 amide bonds. The predicted molar refractivity (Wildman–Crippen MR) is 124 cm³/mol. The van der Waals surface area contributed by atoms with Crippen LogP contribution in [0.5, 0.6) is 0 Å². The molecule has 2 N–H and O–H groups in total. The van der Waals surface area contributed by atoms with Gasteiger partial charge in [0.2, 0.25) is 11.8 Å². The van der Waals surface area contributed by atoms with Crippen LogP contribution in [0.25, 0.3) is 6.08 Å². The van der Waals surface area contributed by atoms with Gasteiger partial charge in [-0.05, 0) is 66.2 Å². The number of rotatable bonds is 6. The average Bonchev–Trinajstić information content (AvgIpc) is 3.06. The molecule has 0 spiro atoms. The molecule has 5 nitrogen and oxygen atoms in total. The van der Waals surface area contributed by atoms with Gasteiger partial charge in [0.1, 0.15) is 5.82 Å². The lowest BCUT2D eigenvalue weighted by Crippen LogP contribution is -2.31. The van der Waals surface area contributed by atoms with Gasteiger partial charge in [-0.1, -0.05) is 24.3 Å². The van der Waals surface area contributed by atoms with E-state index in [1.54, 1.807) is 60.7 Å². The molecule has 3 aromatic rings. The highest BCUT2D eigenvalue weighted by Gasteiger charge is 2.40. The van der Waals surface area contributed by atoms with E-state index in [-0.39, 0.29) is 29.8 Å². The van der Waals surface area contributed by atoms with Gasteiger partial charge in [-0.2, -0.15) is 0 Å². The number of imide groups is 1. The van der Waals surface area contributed by atoms with Crippen LogP contribution in [-0.2, 0) is 9.59 Å². The second-order valence-corrected chi connectivity index (χ2v) is 8.52. The van der Waals surface area contributed by atoms with Crippen molar-refractivity contribution in [1.29, 1.82) is 0 Å². The summed E-state index contributed by atoms with van der Waals surface area (Å²) in [6.45, 7) is 0. The Balaban J connectivity index is 1.45. The molecule has 3 aromatic carbocycles. The van der Waals surface area contributed by atoms with Crippen molar-refractivity contribution in [2.24, 2.45) is 0 Å². The van der Waals surface area contributed by atoms with Gasteiger partial charge < -0.3 is 5.73 Å². The molecule has 0 bridgehead atoms. The zero-order valence-electron chi connectivity index (χ0n) is 16.9. The lowest BCUT2D eigenvalue weighted by Gasteiger charge is -2.15. The lowest BCUT2D eigenvalue weighted by molar-refractivity contribution is -0.121. The highest BCUT2D eigenvalue weighted by Crippen LogP contribution is 2.34. The second-order valence-electron chi connectivity index (χ2n) is 7.25. The molecule has 0 aromatic heterocycles. The fraction of sp³-hybridized carbons (Fsp3) is 0.0800. The molecular weight excluding hydrogens is 427 g/mol. The second kappa shape index (κ2) is 9.20. The molecule has 1 aliphatic rings. The predicted octanol–water partition coefficient (Wildman–Crippen LogP) is 4.73. The number of nitrogens with zero attached hydrogens (tertiary/aromatic N) is 1. The molecule has 1 unspecified atom stereocenters. The van der Waals surface area contributed by atoms with Gasteiger partial charge in [0.25, 0.3) is 0 Å². The molecule has 1 aliphatic heterocycles. The summed E-state index contributed by atoms with van der Waals surface area (Å²) >= 11 is 1.31. The van der Waals surface area contributed by atoms with Gasteiger partial charge in [0.15, 0.2) is 5.78 Å². The van der Waals surface area contributed by atoms with Gasteiger partial charge >= 0.3 is 0 Å². The maximum Gasteiger partial charge on any atom is 0.247 e. The minimum absolute atomic E-state index is 0.0966. The van der Waals surface area contributed by atoms with Gasteiger partial charge in [-0.3, -0.25) is 14.4 Å². The summed E-state index contributed by atoms with van der Waals surface area (Å²) in [6, 6.07) is 19.3. The van der Waals surface area contributed by atoms with E-state index in [9.17, 15) is 18.8 Å². The number of nitrogens with two attached hydrogens (primary N) is 1. The summed E-state index contributed by atoms with van der Waals surface area (Å²) in [5.74, 6) is -1.16. The van der Waals surface area contributed by atoms with Crippen LogP contribution in [0.3, 0.4) is 0 Å². The first-order valence-electron chi connectivity index (χ1n) is 9.88. The van der Waals surface area contributed by atoms with E-state index in [4.69, 9.17) is 5.73 Å². The normalized spacial score (nSPS) is 16.2. The summed E-state index contributed by atoms with van der Waals surface area (Å²) in [6.07, 6.45) is 3.09. The first-order valence-corrected chi connectivity index (χ1v) is 10.8. The Morgan fingerprint density at radius 3 is 2.44 bits per heavy atom. The Morgan fingerprint density at radius 2 is 1.75 bits per heavy atom. The SMILES string of the molecule is Nc1cccc(SC2CC(=O)N(c3ccc(C(=O)/C=C/c4ccc(F)cc4)cc3)C2=O)c1. The Hall–Kier alpha value is -3.71. The minimum Gasteiger partial charge on any atom is -0.399 e. The first-order chi connectivity index (χ1) is 15.4. The van der Waals surface area contributed by atoms with E-state index in [0.29, 0.717) is 22.5 Å². The molecule has 1 heterocycles. The molecular formula is C25H19FN2O3S. The number of carbonyl (C=O) groups is 3. The van der Waals surface area contributed by atoms with Crippen molar-refractivity contribution < 1.29 is 18.8 Å². The fourth-order valence-electron chi connectivity index (χ4n) is 3.34. The smallest absolute Gasteiger partial charge is 0.247 e. The monoisotopic (exact) mass is 446 g/mol.